The molecular weight excluding hydrogens is 585 g/mol. The predicted molar refractivity (Wildman–Crippen MR) is 152 cm³/mol. The SMILES string of the molecule is COc1ccc(CC(NC(=O)C(NC(=O)CN2CCOCC2)C(F)(F)F)C(=O)NC(CC2=CCCC2)C(=O)C2(C)CO2)cc1. The monoisotopic (exact) mass is 624 g/mol. The number of ketones is 1. The van der Waals surface area contributed by atoms with Crippen LogP contribution in [0.25, 0.3) is 0 Å². The van der Waals surface area contributed by atoms with Crippen LogP contribution in [-0.2, 0) is 35.1 Å². The van der Waals surface area contributed by atoms with Crippen LogP contribution in [0.1, 0.15) is 38.2 Å². The maximum atomic E-state index is 14.1. The quantitative estimate of drug-likeness (QED) is 0.209. The van der Waals surface area contributed by atoms with E-state index in [1.807, 2.05) is 6.08 Å². The third-order valence-electron chi connectivity index (χ3n) is 7.93. The highest BCUT2D eigenvalue weighted by molar-refractivity contribution is 5.98. The second kappa shape index (κ2) is 14.5. The molecule has 0 saturated carbocycles. The first-order chi connectivity index (χ1) is 20.9. The van der Waals surface area contributed by atoms with Gasteiger partial charge in [-0.1, -0.05) is 23.8 Å². The Kier molecular flexibility index (Phi) is 11.0. The molecule has 2 saturated heterocycles. The summed E-state index contributed by atoms with van der Waals surface area (Å²) in [6.45, 7) is 2.86. The van der Waals surface area contributed by atoms with Crippen LogP contribution in [0.15, 0.2) is 35.9 Å². The Hall–Kier alpha value is -3.49. The maximum Gasteiger partial charge on any atom is 0.417 e. The zero-order valence-electron chi connectivity index (χ0n) is 24.8. The van der Waals surface area contributed by atoms with Crippen LogP contribution in [0.4, 0.5) is 13.2 Å². The van der Waals surface area contributed by atoms with Gasteiger partial charge in [0, 0.05) is 19.5 Å². The van der Waals surface area contributed by atoms with Crippen molar-refractivity contribution in [2.24, 2.45) is 0 Å². The molecule has 2 heterocycles. The minimum absolute atomic E-state index is 0.189. The molecule has 1 aliphatic carbocycles. The lowest BCUT2D eigenvalue weighted by atomic mass is 9.94. The molecule has 0 spiro atoms. The van der Waals surface area contributed by atoms with Crippen molar-refractivity contribution in [3.05, 3.63) is 41.5 Å². The number of nitrogens with zero attached hydrogens (tertiary/aromatic N) is 1. The molecule has 1 aromatic carbocycles. The number of carbonyl (C=O) groups is 4. The molecule has 4 unspecified atom stereocenters. The van der Waals surface area contributed by atoms with E-state index < -0.39 is 47.6 Å². The van der Waals surface area contributed by atoms with Crippen molar-refractivity contribution in [2.45, 2.75) is 68.9 Å². The first-order valence-electron chi connectivity index (χ1n) is 14.6. The van der Waals surface area contributed by atoms with Crippen LogP contribution in [-0.4, -0.2) is 105 Å². The summed E-state index contributed by atoms with van der Waals surface area (Å²) < 4.78 is 57.8. The minimum atomic E-state index is -5.14. The van der Waals surface area contributed by atoms with E-state index in [2.05, 4.69) is 10.6 Å². The van der Waals surface area contributed by atoms with E-state index in [0.29, 0.717) is 37.6 Å². The molecule has 242 valence electrons. The number of allylic oxidation sites excluding steroid dienone is 1. The Morgan fingerprint density at radius 1 is 1.00 bits per heavy atom. The summed E-state index contributed by atoms with van der Waals surface area (Å²) in [5, 5.41) is 6.65. The summed E-state index contributed by atoms with van der Waals surface area (Å²) in [6, 6.07) is 1.05. The molecule has 2 fully saturated rings. The summed E-state index contributed by atoms with van der Waals surface area (Å²) >= 11 is 0. The molecule has 3 N–H and O–H groups in total. The maximum absolute atomic E-state index is 14.1. The third kappa shape index (κ3) is 9.26. The lowest BCUT2D eigenvalue weighted by Crippen LogP contribution is -2.61. The molecule has 4 atom stereocenters. The van der Waals surface area contributed by atoms with Crippen LogP contribution in [0.3, 0.4) is 0 Å². The van der Waals surface area contributed by atoms with Crippen LogP contribution >= 0.6 is 0 Å². The number of hydrogen-bond donors (Lipinski definition) is 3. The first kappa shape index (κ1) is 33.4. The Morgan fingerprint density at radius 3 is 2.23 bits per heavy atom. The van der Waals surface area contributed by atoms with Crippen LogP contribution < -0.4 is 20.7 Å². The van der Waals surface area contributed by atoms with Gasteiger partial charge in [0.1, 0.15) is 17.4 Å². The number of carbonyl (C=O) groups excluding carboxylic acids is 4. The van der Waals surface area contributed by atoms with Gasteiger partial charge < -0.3 is 30.2 Å². The van der Waals surface area contributed by atoms with Crippen molar-refractivity contribution >= 4 is 23.5 Å². The lowest BCUT2D eigenvalue weighted by Gasteiger charge is -2.28. The Balaban J connectivity index is 1.52. The number of methoxy groups -OCH3 is 1. The van der Waals surface area contributed by atoms with Gasteiger partial charge in [0.15, 0.2) is 5.78 Å². The molecule has 2 aliphatic heterocycles. The molecule has 4 rings (SSSR count). The molecule has 0 aromatic heterocycles. The van der Waals surface area contributed by atoms with Gasteiger partial charge in [0.25, 0.3) is 5.91 Å². The van der Waals surface area contributed by atoms with Gasteiger partial charge in [0.05, 0.1) is 39.5 Å². The molecule has 44 heavy (non-hydrogen) atoms. The van der Waals surface area contributed by atoms with Crippen LogP contribution in [0.5, 0.6) is 5.75 Å². The summed E-state index contributed by atoms with van der Waals surface area (Å²) in [4.78, 5) is 54.2. The fourth-order valence-corrected chi connectivity index (χ4v) is 5.21. The van der Waals surface area contributed by atoms with Gasteiger partial charge in [-0.3, -0.25) is 24.1 Å². The summed E-state index contributed by atoms with van der Waals surface area (Å²) in [5.74, 6) is -3.26. The molecule has 0 bridgehead atoms. The number of hydrogen-bond acceptors (Lipinski definition) is 8. The summed E-state index contributed by atoms with van der Waals surface area (Å²) in [5.41, 5.74) is 0.451. The zero-order chi connectivity index (χ0) is 31.9. The number of epoxide rings is 1. The fraction of sp³-hybridized carbons (Fsp3) is 0.600. The van der Waals surface area contributed by atoms with E-state index in [0.717, 1.165) is 24.8 Å². The number of halogens is 3. The van der Waals surface area contributed by atoms with Crippen molar-refractivity contribution in [2.75, 3.05) is 46.6 Å². The molecule has 0 radical (unpaired) electrons. The zero-order valence-corrected chi connectivity index (χ0v) is 24.8. The van der Waals surface area contributed by atoms with Crippen LogP contribution in [0.2, 0.25) is 0 Å². The summed E-state index contributed by atoms with van der Waals surface area (Å²) in [6.07, 6.45) is -0.556. The smallest absolute Gasteiger partial charge is 0.417 e. The van der Waals surface area contributed by atoms with Gasteiger partial charge >= 0.3 is 6.18 Å². The first-order valence-corrected chi connectivity index (χ1v) is 14.6. The van der Waals surface area contributed by atoms with Gasteiger partial charge in [-0.2, -0.15) is 13.2 Å². The molecule has 14 heteroatoms. The number of rotatable bonds is 14. The van der Waals surface area contributed by atoms with Gasteiger partial charge in [-0.15, -0.1) is 0 Å². The largest absolute Gasteiger partial charge is 0.497 e. The van der Waals surface area contributed by atoms with E-state index >= 15 is 0 Å². The number of benzene rings is 1. The Labute approximate surface area is 253 Å². The molecule has 3 amide bonds. The highest BCUT2D eigenvalue weighted by Crippen LogP contribution is 2.31. The Bertz CT molecular complexity index is 1230. The highest BCUT2D eigenvalue weighted by Gasteiger charge is 2.51. The molecule has 3 aliphatic rings. The van der Waals surface area contributed by atoms with E-state index in [9.17, 15) is 32.3 Å². The normalized spacial score (nSPS) is 22.2. The third-order valence-corrected chi connectivity index (χ3v) is 7.93. The van der Waals surface area contributed by atoms with Crippen molar-refractivity contribution in [3.63, 3.8) is 0 Å². The number of morpholine rings is 1. The van der Waals surface area contributed by atoms with E-state index in [-0.39, 0.29) is 31.8 Å². The van der Waals surface area contributed by atoms with Crippen molar-refractivity contribution in [1.82, 2.24) is 20.9 Å². The van der Waals surface area contributed by atoms with Crippen molar-refractivity contribution < 1.29 is 46.6 Å². The average molecular weight is 625 g/mol. The number of nitrogens with one attached hydrogen (secondary N) is 3. The molecular formula is C30H39F3N4O7. The molecule has 1 aromatic rings. The van der Waals surface area contributed by atoms with Crippen LogP contribution in [0, 0.1) is 0 Å². The van der Waals surface area contributed by atoms with E-state index in [1.165, 1.54) is 7.11 Å². The number of alkyl halides is 3. The second-order valence-corrected chi connectivity index (χ2v) is 11.4. The standard InChI is InChI=1S/C30H39F3N4O7/c1-29(18-44-29)26(39)22(15-19-5-3-4-6-19)34-27(40)23(16-20-7-9-21(42-2)10-8-20)35-28(41)25(30(31,32)33)36-24(38)17-37-11-13-43-14-12-37/h5,7-10,22-23,25H,3-4,6,11-18H2,1-2H3,(H,34,40)(H,35,41)(H,36,38). The Morgan fingerprint density at radius 2 is 1.66 bits per heavy atom. The van der Waals surface area contributed by atoms with Gasteiger partial charge in [-0.05, 0) is 50.3 Å². The summed E-state index contributed by atoms with van der Waals surface area (Å²) in [7, 11) is 1.47. The predicted octanol–water partition coefficient (Wildman–Crippen LogP) is 1.45. The number of amides is 3. The highest BCUT2D eigenvalue weighted by atomic mass is 19.4. The van der Waals surface area contributed by atoms with E-state index in [4.69, 9.17) is 14.2 Å². The van der Waals surface area contributed by atoms with Crippen molar-refractivity contribution in [3.8, 4) is 5.75 Å². The van der Waals surface area contributed by atoms with Gasteiger partial charge in [-0.25, -0.2) is 0 Å². The minimum Gasteiger partial charge on any atom is -0.497 e. The fourth-order valence-electron chi connectivity index (χ4n) is 5.21. The van der Waals surface area contributed by atoms with E-state index in [1.54, 1.807) is 41.4 Å². The van der Waals surface area contributed by atoms with Gasteiger partial charge in [0.2, 0.25) is 17.9 Å². The number of Topliss-reactive ketones (excluding diaryl/α,β-unsaturated/α-hetero) is 1. The topological polar surface area (TPSA) is 139 Å². The number of ether oxygens (including phenoxy) is 3. The van der Waals surface area contributed by atoms with Crippen molar-refractivity contribution in [1.29, 1.82) is 0 Å². The second-order valence-electron chi connectivity index (χ2n) is 11.4. The average Bonchev–Trinajstić information content (AvgIpc) is 3.53. The molecule has 11 nitrogen and oxygen atoms in total. The lowest BCUT2D eigenvalue weighted by molar-refractivity contribution is -0.172.